The van der Waals surface area contributed by atoms with Gasteiger partial charge in [0.2, 0.25) is 5.91 Å². The third-order valence-corrected chi connectivity index (χ3v) is 7.98. The van der Waals surface area contributed by atoms with Crippen molar-refractivity contribution in [1.82, 2.24) is 9.80 Å². The van der Waals surface area contributed by atoms with Gasteiger partial charge in [-0.05, 0) is 30.0 Å². The second kappa shape index (κ2) is 11.3. The minimum absolute atomic E-state index is 0.100. The fourth-order valence-electron chi connectivity index (χ4n) is 5.83. The van der Waals surface area contributed by atoms with Crippen LogP contribution in [0, 0.1) is 15.9 Å². The lowest BCUT2D eigenvalue weighted by molar-refractivity contribution is -0.384. The normalized spacial score (nSPS) is 17.3. The number of anilines is 1. The number of rotatable bonds is 8. The molecule has 0 saturated carbocycles. The molecule has 2 fully saturated rings. The molecule has 12 heteroatoms. The van der Waals surface area contributed by atoms with Crippen LogP contribution in [0.15, 0.2) is 72.8 Å². The van der Waals surface area contributed by atoms with Crippen molar-refractivity contribution in [2.24, 2.45) is 0 Å². The summed E-state index contributed by atoms with van der Waals surface area (Å²) in [6, 6.07) is 20.4. The van der Waals surface area contributed by atoms with Gasteiger partial charge in [-0.25, -0.2) is 18.0 Å². The minimum atomic E-state index is -3.07. The van der Waals surface area contributed by atoms with Crippen LogP contribution in [0.3, 0.4) is 0 Å². The Kier molecular flexibility index (Phi) is 7.81. The summed E-state index contributed by atoms with van der Waals surface area (Å²) in [6.07, 6.45) is -1.54. The van der Waals surface area contributed by atoms with Crippen LogP contribution in [-0.2, 0) is 23.3 Å². The number of nitrogens with zero attached hydrogens (tertiary/aromatic N) is 4. The average Bonchev–Trinajstić information content (AvgIpc) is 2.96. The van der Waals surface area contributed by atoms with E-state index in [2.05, 4.69) is 0 Å². The summed E-state index contributed by atoms with van der Waals surface area (Å²) in [5.41, 5.74) is -1.16. The smallest absolute Gasteiger partial charge is 0.407 e. The topological polar surface area (TPSA) is 107 Å². The number of hydrogen-bond donors (Lipinski definition) is 1. The Morgan fingerprint density at radius 2 is 1.40 bits per heavy atom. The molecule has 0 bridgehead atoms. The number of benzene rings is 3. The van der Waals surface area contributed by atoms with Crippen molar-refractivity contribution < 1.29 is 32.8 Å². The first-order valence-corrected chi connectivity index (χ1v) is 13.5. The summed E-state index contributed by atoms with van der Waals surface area (Å²) < 4.78 is 44.5. The monoisotopic (exact) mass is 582 g/mol. The molecule has 220 valence electrons. The van der Waals surface area contributed by atoms with E-state index in [-0.39, 0.29) is 50.3 Å². The van der Waals surface area contributed by atoms with Gasteiger partial charge in [-0.2, -0.15) is 0 Å². The lowest BCUT2D eigenvalue weighted by Crippen LogP contribution is -2.64. The second-order valence-corrected chi connectivity index (χ2v) is 10.7. The molecule has 1 N–H and O–H groups in total. The molecule has 0 unspecified atom stereocenters. The molecule has 5 rings (SSSR count). The number of amides is 2. The zero-order valence-electron chi connectivity index (χ0n) is 22.6. The highest BCUT2D eigenvalue weighted by Gasteiger charge is 2.55. The maximum atomic E-state index is 16.9. The van der Waals surface area contributed by atoms with Gasteiger partial charge >= 0.3 is 6.09 Å². The van der Waals surface area contributed by atoms with E-state index in [1.165, 1.54) is 11.0 Å². The van der Waals surface area contributed by atoms with Gasteiger partial charge in [-0.1, -0.05) is 60.7 Å². The van der Waals surface area contributed by atoms with Gasteiger partial charge in [-0.3, -0.25) is 14.9 Å². The van der Waals surface area contributed by atoms with Gasteiger partial charge in [0.25, 0.3) is 11.6 Å². The number of piperidine rings is 1. The van der Waals surface area contributed by atoms with E-state index >= 15 is 4.39 Å². The number of carboxylic acid groups (broad SMARTS) is 1. The molecule has 2 saturated heterocycles. The van der Waals surface area contributed by atoms with E-state index in [1.54, 1.807) is 24.3 Å². The van der Waals surface area contributed by atoms with Gasteiger partial charge in [0.1, 0.15) is 0 Å². The number of carbonyl (C=O) groups is 2. The Morgan fingerprint density at radius 3 is 1.86 bits per heavy atom. The van der Waals surface area contributed by atoms with Crippen molar-refractivity contribution in [1.29, 1.82) is 0 Å². The van der Waals surface area contributed by atoms with Gasteiger partial charge < -0.3 is 19.8 Å². The highest BCUT2D eigenvalue weighted by atomic mass is 19.3. The fourth-order valence-corrected chi connectivity index (χ4v) is 5.83. The lowest BCUT2D eigenvalue weighted by atomic mass is 9.70. The predicted octanol–water partition coefficient (Wildman–Crippen LogP) is 5.43. The molecule has 0 radical (unpaired) electrons. The standard InChI is InChI=1S/C30H29F3N4O5/c31-25-23(29(13-15-34(16-14-29)28(39)40)27(38)36-19-30(32,33)20-36)11-12-24(37(41)42)26(25)35(17-21-7-3-1-4-8-21)18-22-9-5-2-6-10-22/h1-12H,13-20H2,(H,39,40). The second-order valence-electron chi connectivity index (χ2n) is 10.7. The summed E-state index contributed by atoms with van der Waals surface area (Å²) in [6.45, 7) is -1.71. The van der Waals surface area contributed by atoms with Crippen LogP contribution in [0.5, 0.6) is 0 Å². The van der Waals surface area contributed by atoms with Crippen LogP contribution in [0.25, 0.3) is 0 Å². The maximum Gasteiger partial charge on any atom is 0.407 e. The minimum Gasteiger partial charge on any atom is -0.465 e. The first kappa shape index (κ1) is 28.9. The van der Waals surface area contributed by atoms with Crippen molar-refractivity contribution in [2.45, 2.75) is 37.3 Å². The molecule has 3 aromatic carbocycles. The third-order valence-electron chi connectivity index (χ3n) is 7.98. The van der Waals surface area contributed by atoms with E-state index in [9.17, 15) is 33.6 Å². The van der Waals surface area contributed by atoms with E-state index in [0.29, 0.717) is 0 Å². The fraction of sp³-hybridized carbons (Fsp3) is 0.333. The molecule has 3 aromatic rings. The van der Waals surface area contributed by atoms with Crippen molar-refractivity contribution in [2.75, 3.05) is 31.1 Å². The third kappa shape index (κ3) is 5.61. The number of alkyl halides is 2. The summed E-state index contributed by atoms with van der Waals surface area (Å²) >= 11 is 0. The zero-order chi connectivity index (χ0) is 30.1. The SMILES string of the molecule is O=C(O)N1CCC(C(=O)N2CC(F)(F)C2)(c2ccc([N+](=O)[O-])c(N(Cc3ccccc3)Cc3ccccc3)c2F)CC1. The Morgan fingerprint density at radius 1 is 0.881 bits per heavy atom. The Bertz CT molecular complexity index is 1430. The van der Waals surface area contributed by atoms with E-state index in [1.807, 2.05) is 36.4 Å². The van der Waals surface area contributed by atoms with Crippen molar-refractivity contribution in [3.8, 4) is 0 Å². The van der Waals surface area contributed by atoms with E-state index < -0.39 is 52.9 Å². The molecule has 42 heavy (non-hydrogen) atoms. The van der Waals surface area contributed by atoms with Gasteiger partial charge in [0, 0.05) is 37.8 Å². The molecule has 2 amide bonds. The summed E-state index contributed by atoms with van der Waals surface area (Å²) in [7, 11) is 0. The first-order valence-electron chi connectivity index (χ1n) is 13.5. The number of nitro benzene ring substituents is 1. The van der Waals surface area contributed by atoms with Gasteiger partial charge in [0.05, 0.1) is 23.4 Å². The predicted molar refractivity (Wildman–Crippen MR) is 148 cm³/mol. The van der Waals surface area contributed by atoms with Crippen molar-refractivity contribution in [3.05, 3.63) is 105 Å². The molecular formula is C30H29F3N4O5. The summed E-state index contributed by atoms with van der Waals surface area (Å²) in [5, 5.41) is 21.7. The van der Waals surface area contributed by atoms with Gasteiger partial charge in [0.15, 0.2) is 11.5 Å². The summed E-state index contributed by atoms with van der Waals surface area (Å²) in [4.78, 5) is 40.5. The number of hydrogen-bond acceptors (Lipinski definition) is 5. The number of nitro groups is 1. The first-order chi connectivity index (χ1) is 20.0. The Balaban J connectivity index is 1.64. The van der Waals surface area contributed by atoms with Crippen LogP contribution in [0.1, 0.15) is 29.5 Å². The van der Waals surface area contributed by atoms with Crippen LogP contribution in [-0.4, -0.2) is 63.9 Å². The Labute approximate surface area is 239 Å². The highest BCUT2D eigenvalue weighted by molar-refractivity contribution is 5.90. The lowest BCUT2D eigenvalue weighted by Gasteiger charge is -2.47. The van der Waals surface area contributed by atoms with Crippen LogP contribution in [0.2, 0.25) is 0 Å². The van der Waals surface area contributed by atoms with Crippen LogP contribution in [0.4, 0.5) is 29.3 Å². The molecule has 2 heterocycles. The van der Waals surface area contributed by atoms with Crippen LogP contribution >= 0.6 is 0 Å². The maximum absolute atomic E-state index is 16.9. The molecule has 9 nitrogen and oxygen atoms in total. The average molecular weight is 583 g/mol. The van der Waals surface area contributed by atoms with Crippen LogP contribution < -0.4 is 4.90 Å². The molecule has 0 spiro atoms. The highest BCUT2D eigenvalue weighted by Crippen LogP contribution is 2.46. The number of carbonyl (C=O) groups excluding carboxylic acids is 1. The van der Waals surface area contributed by atoms with Crippen molar-refractivity contribution >= 4 is 23.4 Å². The van der Waals surface area contributed by atoms with Gasteiger partial charge in [-0.15, -0.1) is 0 Å². The van der Waals surface area contributed by atoms with E-state index in [0.717, 1.165) is 27.0 Å². The molecule has 0 atom stereocenters. The molecule has 2 aliphatic heterocycles. The number of likely N-dealkylation sites (tertiary alicyclic amines) is 2. The quantitative estimate of drug-likeness (QED) is 0.281. The molecule has 0 aromatic heterocycles. The van der Waals surface area contributed by atoms with Crippen molar-refractivity contribution in [3.63, 3.8) is 0 Å². The Hall–Kier alpha value is -4.61. The summed E-state index contributed by atoms with van der Waals surface area (Å²) in [5.74, 6) is -4.81. The largest absolute Gasteiger partial charge is 0.465 e. The molecule has 2 aliphatic rings. The van der Waals surface area contributed by atoms with E-state index in [4.69, 9.17) is 0 Å². The molecule has 0 aliphatic carbocycles. The number of halogens is 3. The zero-order valence-corrected chi connectivity index (χ0v) is 22.6. The molecular weight excluding hydrogens is 553 g/mol.